The third-order valence-corrected chi connectivity index (χ3v) is 8.40. The molecular weight excluding hydrogens is 324 g/mol. The number of Topliss-reactive ketones (excluding diaryl/α,β-unsaturated/α-hetero) is 2. The quantitative estimate of drug-likeness (QED) is 0.723. The first-order valence-corrected chi connectivity index (χ1v) is 10.2. The molecule has 3 nitrogen and oxygen atoms in total. The molecule has 0 spiro atoms. The number of carbonyl (C=O) groups is 2. The van der Waals surface area contributed by atoms with Crippen molar-refractivity contribution in [3.63, 3.8) is 0 Å². The minimum Gasteiger partial charge on any atom is -0.377 e. The van der Waals surface area contributed by atoms with E-state index >= 15 is 0 Å². The van der Waals surface area contributed by atoms with Crippen molar-refractivity contribution in [2.24, 2.45) is 28.6 Å². The molecule has 1 saturated heterocycles. The van der Waals surface area contributed by atoms with Gasteiger partial charge in [-0.1, -0.05) is 31.6 Å². The highest BCUT2D eigenvalue weighted by molar-refractivity contribution is 5.85. The SMILES string of the molecule is C=C1CC2(CC(C)=O)CC3C(CCC4OCC43)C(=O)CC(=C1C)C2(C)C. The van der Waals surface area contributed by atoms with Crippen molar-refractivity contribution in [3.05, 3.63) is 23.3 Å². The summed E-state index contributed by atoms with van der Waals surface area (Å²) in [7, 11) is 0. The number of allylic oxidation sites excluding steroid dienone is 3. The molecule has 0 aromatic heterocycles. The van der Waals surface area contributed by atoms with Crippen molar-refractivity contribution < 1.29 is 14.3 Å². The van der Waals surface area contributed by atoms with E-state index < -0.39 is 0 Å². The molecule has 5 unspecified atom stereocenters. The first kappa shape index (κ1) is 18.2. The number of rotatable bonds is 2. The molecule has 1 heterocycles. The molecule has 2 saturated carbocycles. The Labute approximate surface area is 157 Å². The lowest BCUT2D eigenvalue weighted by atomic mass is 9.46. The third kappa shape index (κ3) is 2.42. The molecule has 0 radical (unpaired) electrons. The summed E-state index contributed by atoms with van der Waals surface area (Å²) in [6, 6.07) is 0. The van der Waals surface area contributed by atoms with Crippen LogP contribution < -0.4 is 0 Å². The Hall–Kier alpha value is -1.22. The highest BCUT2D eigenvalue weighted by atomic mass is 16.5. The van der Waals surface area contributed by atoms with Gasteiger partial charge in [-0.2, -0.15) is 0 Å². The number of fused-ring (bicyclic) bond motifs is 5. The summed E-state index contributed by atoms with van der Waals surface area (Å²) in [5.41, 5.74) is 3.31. The summed E-state index contributed by atoms with van der Waals surface area (Å²) < 4.78 is 5.79. The van der Waals surface area contributed by atoms with Crippen molar-refractivity contribution in [3.8, 4) is 0 Å². The van der Waals surface area contributed by atoms with E-state index in [-0.39, 0.29) is 22.5 Å². The van der Waals surface area contributed by atoms with Crippen LogP contribution in [0.4, 0.5) is 0 Å². The molecule has 0 amide bonds. The summed E-state index contributed by atoms with van der Waals surface area (Å²) >= 11 is 0. The summed E-state index contributed by atoms with van der Waals surface area (Å²) in [6.45, 7) is 13.5. The predicted molar refractivity (Wildman–Crippen MR) is 102 cm³/mol. The fourth-order valence-electron chi connectivity index (χ4n) is 6.62. The molecule has 0 aromatic rings. The molecule has 0 N–H and O–H groups in total. The van der Waals surface area contributed by atoms with Crippen LogP contribution in [0.5, 0.6) is 0 Å². The topological polar surface area (TPSA) is 43.4 Å². The summed E-state index contributed by atoms with van der Waals surface area (Å²) in [4.78, 5) is 25.6. The van der Waals surface area contributed by atoms with Gasteiger partial charge < -0.3 is 9.53 Å². The van der Waals surface area contributed by atoms with Gasteiger partial charge in [0.1, 0.15) is 11.6 Å². The molecule has 4 aliphatic rings. The highest BCUT2D eigenvalue weighted by Gasteiger charge is 2.58. The van der Waals surface area contributed by atoms with Crippen LogP contribution in [0, 0.1) is 28.6 Å². The van der Waals surface area contributed by atoms with Crippen LogP contribution >= 0.6 is 0 Å². The minimum absolute atomic E-state index is 0.119. The van der Waals surface area contributed by atoms with E-state index in [1.165, 1.54) is 11.1 Å². The zero-order valence-electron chi connectivity index (χ0n) is 16.7. The zero-order valence-corrected chi connectivity index (χ0v) is 16.7. The monoisotopic (exact) mass is 356 g/mol. The molecular formula is C23H32O3. The second-order valence-corrected chi connectivity index (χ2v) is 9.90. The Morgan fingerprint density at radius 1 is 1.27 bits per heavy atom. The fraction of sp³-hybridized carbons (Fsp3) is 0.739. The zero-order chi connectivity index (χ0) is 18.9. The van der Waals surface area contributed by atoms with Gasteiger partial charge >= 0.3 is 0 Å². The summed E-state index contributed by atoms with van der Waals surface area (Å²) in [6.07, 6.45) is 5.27. The van der Waals surface area contributed by atoms with Crippen LogP contribution in [-0.4, -0.2) is 24.3 Å². The first-order valence-electron chi connectivity index (χ1n) is 10.2. The minimum atomic E-state index is -0.151. The molecule has 1 aliphatic heterocycles. The number of ketones is 2. The van der Waals surface area contributed by atoms with Gasteiger partial charge in [0.15, 0.2) is 0 Å². The lowest BCUT2D eigenvalue weighted by Gasteiger charge is -2.59. The molecule has 3 fully saturated rings. The number of hydrogen-bond donors (Lipinski definition) is 0. The molecule has 26 heavy (non-hydrogen) atoms. The van der Waals surface area contributed by atoms with E-state index in [1.807, 2.05) is 0 Å². The van der Waals surface area contributed by atoms with Gasteiger partial charge in [-0.05, 0) is 61.9 Å². The van der Waals surface area contributed by atoms with Crippen molar-refractivity contribution in [2.75, 3.05) is 6.61 Å². The maximum absolute atomic E-state index is 13.3. The van der Waals surface area contributed by atoms with E-state index in [0.29, 0.717) is 36.6 Å². The molecule has 4 rings (SSSR count). The molecule has 5 atom stereocenters. The first-order chi connectivity index (χ1) is 12.2. The number of hydrogen-bond acceptors (Lipinski definition) is 3. The van der Waals surface area contributed by atoms with Gasteiger partial charge in [0.25, 0.3) is 0 Å². The average molecular weight is 357 g/mol. The van der Waals surface area contributed by atoms with Crippen molar-refractivity contribution in [1.82, 2.24) is 0 Å². The van der Waals surface area contributed by atoms with E-state index in [1.54, 1.807) is 6.92 Å². The number of ether oxygens (including phenoxy) is 1. The standard InChI is InChI=1S/C23H32O3/c1-13-9-23(10-14(2)24)11-17-16(6-7-21-18(17)12-26-21)20(25)8-19(15(13)3)22(23,4)5/h16-18,21H,1,6-12H2,2-5H3. The van der Waals surface area contributed by atoms with Gasteiger partial charge in [-0.15, -0.1) is 0 Å². The Balaban J connectivity index is 1.85. The second-order valence-electron chi connectivity index (χ2n) is 9.90. The molecule has 3 heteroatoms. The Morgan fingerprint density at radius 3 is 2.62 bits per heavy atom. The van der Waals surface area contributed by atoms with Crippen molar-refractivity contribution in [1.29, 1.82) is 0 Å². The van der Waals surface area contributed by atoms with E-state index in [2.05, 4.69) is 27.4 Å². The van der Waals surface area contributed by atoms with Crippen LogP contribution in [0.3, 0.4) is 0 Å². The van der Waals surface area contributed by atoms with Gasteiger partial charge in [0, 0.05) is 24.7 Å². The lowest BCUT2D eigenvalue weighted by molar-refractivity contribution is -0.186. The van der Waals surface area contributed by atoms with E-state index in [9.17, 15) is 9.59 Å². The summed E-state index contributed by atoms with van der Waals surface area (Å²) in [5.74, 6) is 1.68. The molecule has 2 bridgehead atoms. The van der Waals surface area contributed by atoms with Gasteiger partial charge in [-0.25, -0.2) is 0 Å². The smallest absolute Gasteiger partial charge is 0.140 e. The van der Waals surface area contributed by atoms with Crippen LogP contribution in [0.15, 0.2) is 23.3 Å². The predicted octanol–water partition coefficient (Wildman–Crippen LogP) is 4.66. The maximum atomic E-state index is 13.3. The molecule has 0 aromatic carbocycles. The molecule has 142 valence electrons. The van der Waals surface area contributed by atoms with Crippen molar-refractivity contribution >= 4 is 11.6 Å². The third-order valence-electron chi connectivity index (χ3n) is 8.40. The van der Waals surface area contributed by atoms with Gasteiger partial charge in [0.05, 0.1) is 12.7 Å². The lowest BCUT2D eigenvalue weighted by Crippen LogP contribution is -2.56. The average Bonchev–Trinajstić information content (AvgIpc) is 2.50. The van der Waals surface area contributed by atoms with E-state index in [4.69, 9.17) is 4.74 Å². The van der Waals surface area contributed by atoms with Gasteiger partial charge in [0.2, 0.25) is 0 Å². The summed E-state index contributed by atoms with van der Waals surface area (Å²) in [5, 5.41) is 0. The number of carbonyl (C=O) groups excluding carboxylic acids is 2. The Morgan fingerprint density at radius 2 is 2.00 bits per heavy atom. The second kappa shape index (κ2) is 5.89. The Kier molecular flexibility index (Phi) is 4.11. The normalized spacial score (nSPS) is 41.5. The van der Waals surface area contributed by atoms with Crippen LogP contribution in [-0.2, 0) is 14.3 Å². The van der Waals surface area contributed by atoms with Crippen LogP contribution in [0.25, 0.3) is 0 Å². The van der Waals surface area contributed by atoms with E-state index in [0.717, 1.165) is 37.9 Å². The largest absolute Gasteiger partial charge is 0.377 e. The highest BCUT2D eigenvalue weighted by Crippen LogP contribution is 2.63. The molecule has 3 aliphatic carbocycles. The maximum Gasteiger partial charge on any atom is 0.140 e. The van der Waals surface area contributed by atoms with Gasteiger partial charge in [-0.3, -0.25) is 4.79 Å². The van der Waals surface area contributed by atoms with Crippen molar-refractivity contribution in [2.45, 2.75) is 72.3 Å². The fourth-order valence-corrected chi connectivity index (χ4v) is 6.62. The Bertz CT molecular complexity index is 713. The van der Waals surface area contributed by atoms with Crippen LogP contribution in [0.2, 0.25) is 0 Å². The van der Waals surface area contributed by atoms with Crippen LogP contribution in [0.1, 0.15) is 66.2 Å².